The second kappa shape index (κ2) is 3.46. The lowest BCUT2D eigenvalue weighted by molar-refractivity contribution is 0.108. The van der Waals surface area contributed by atoms with E-state index in [1.165, 1.54) is 0 Å². The molecule has 0 N–H and O–H groups in total. The molecule has 0 aromatic carbocycles. The Balaban J connectivity index is 2.78. The van der Waals surface area contributed by atoms with Gasteiger partial charge in [-0.3, -0.25) is 4.79 Å². The van der Waals surface area contributed by atoms with Gasteiger partial charge in [0.2, 0.25) is 5.12 Å². The second-order valence-corrected chi connectivity index (χ2v) is 3.40. The predicted molar refractivity (Wildman–Crippen MR) is 57.9 cm³/mol. The van der Waals surface area contributed by atoms with Crippen LogP contribution in [0.15, 0.2) is 24.4 Å². The predicted octanol–water partition coefficient (Wildman–Crippen LogP) is 1.97. The number of thiol groups is 1. The lowest BCUT2D eigenvalue weighted by Crippen LogP contribution is -1.97. The molecule has 0 fully saturated rings. The van der Waals surface area contributed by atoms with Gasteiger partial charge in [0.15, 0.2) is 0 Å². The first-order chi connectivity index (χ1) is 6.74. The van der Waals surface area contributed by atoms with Crippen LogP contribution in [-0.4, -0.2) is 14.5 Å². The van der Waals surface area contributed by atoms with Crippen molar-refractivity contribution >= 4 is 23.4 Å². The molecule has 0 aliphatic rings. The monoisotopic (exact) mass is 206 g/mol. The van der Waals surface area contributed by atoms with Crippen LogP contribution >= 0.6 is 12.6 Å². The average Bonchev–Trinajstić information content (AvgIpc) is 2.56. The maximum atomic E-state index is 11.2. The zero-order valence-electron chi connectivity index (χ0n) is 7.77. The number of carbonyl (C=O) groups excluding carboxylic acids is 1. The maximum Gasteiger partial charge on any atom is 0.236 e. The van der Waals surface area contributed by atoms with Gasteiger partial charge in [-0.25, -0.2) is 4.98 Å². The number of hydrogen-bond donors (Lipinski definition) is 1. The minimum Gasteiger partial charge on any atom is -0.303 e. The molecule has 0 aliphatic heterocycles. The molecule has 0 amide bonds. The summed E-state index contributed by atoms with van der Waals surface area (Å²) in [5.74, 6) is 0. The SMILES string of the molecule is CCc1c(C(=O)S)nc2ccccn12. The van der Waals surface area contributed by atoms with Gasteiger partial charge in [0.05, 0.1) is 5.69 Å². The normalized spacial score (nSPS) is 10.7. The smallest absolute Gasteiger partial charge is 0.236 e. The molecule has 0 saturated carbocycles. The fraction of sp³-hybridized carbons (Fsp3) is 0.200. The Kier molecular flexibility index (Phi) is 2.29. The number of carbonyl (C=O) groups is 1. The van der Waals surface area contributed by atoms with Crippen molar-refractivity contribution in [3.63, 3.8) is 0 Å². The summed E-state index contributed by atoms with van der Waals surface area (Å²) in [7, 11) is 0. The lowest BCUT2D eigenvalue weighted by Gasteiger charge is -1.97. The standard InChI is InChI=1S/C10H10N2OS/c1-2-7-9(10(13)14)11-8-5-3-4-6-12(7)8/h3-6H,2H2,1H3,(H,13,14). The molecule has 0 atom stereocenters. The maximum absolute atomic E-state index is 11.2. The number of rotatable bonds is 2. The largest absolute Gasteiger partial charge is 0.303 e. The van der Waals surface area contributed by atoms with E-state index in [9.17, 15) is 4.79 Å². The van der Waals surface area contributed by atoms with Gasteiger partial charge in [0, 0.05) is 6.20 Å². The van der Waals surface area contributed by atoms with E-state index in [4.69, 9.17) is 0 Å². The van der Waals surface area contributed by atoms with E-state index < -0.39 is 0 Å². The molecule has 4 heteroatoms. The van der Waals surface area contributed by atoms with Gasteiger partial charge in [-0.05, 0) is 18.6 Å². The molecule has 0 bridgehead atoms. The van der Waals surface area contributed by atoms with Crippen molar-refractivity contribution in [2.24, 2.45) is 0 Å². The van der Waals surface area contributed by atoms with Crippen molar-refractivity contribution in [3.05, 3.63) is 35.8 Å². The van der Waals surface area contributed by atoms with Crippen molar-refractivity contribution in [1.29, 1.82) is 0 Å². The number of hydrogen-bond acceptors (Lipinski definition) is 2. The zero-order valence-corrected chi connectivity index (χ0v) is 8.66. The van der Waals surface area contributed by atoms with Crippen molar-refractivity contribution in [3.8, 4) is 0 Å². The van der Waals surface area contributed by atoms with Crippen LogP contribution in [0.2, 0.25) is 0 Å². The Morgan fingerprint density at radius 2 is 2.36 bits per heavy atom. The van der Waals surface area contributed by atoms with E-state index in [0.29, 0.717) is 5.69 Å². The van der Waals surface area contributed by atoms with E-state index in [2.05, 4.69) is 17.6 Å². The fourth-order valence-corrected chi connectivity index (χ4v) is 1.73. The molecule has 2 heterocycles. The third kappa shape index (κ3) is 1.32. The summed E-state index contributed by atoms with van der Waals surface area (Å²) < 4.78 is 1.92. The van der Waals surface area contributed by atoms with Gasteiger partial charge in [0.25, 0.3) is 0 Å². The first-order valence-corrected chi connectivity index (χ1v) is 4.88. The van der Waals surface area contributed by atoms with Crippen LogP contribution in [0.1, 0.15) is 23.1 Å². The van der Waals surface area contributed by atoms with Crippen LogP contribution in [0.25, 0.3) is 5.65 Å². The number of aromatic nitrogens is 2. The summed E-state index contributed by atoms with van der Waals surface area (Å²) in [6, 6.07) is 5.69. The third-order valence-electron chi connectivity index (χ3n) is 2.17. The Morgan fingerprint density at radius 1 is 1.57 bits per heavy atom. The Bertz CT molecular complexity index is 490. The molecule has 0 spiro atoms. The van der Waals surface area contributed by atoms with Crippen molar-refractivity contribution < 1.29 is 4.79 Å². The van der Waals surface area contributed by atoms with Gasteiger partial charge in [-0.2, -0.15) is 0 Å². The average molecular weight is 206 g/mol. The van der Waals surface area contributed by atoms with Crippen LogP contribution in [-0.2, 0) is 6.42 Å². The van der Waals surface area contributed by atoms with E-state index in [1.807, 2.05) is 35.7 Å². The second-order valence-electron chi connectivity index (χ2n) is 2.99. The molecule has 0 radical (unpaired) electrons. The van der Waals surface area contributed by atoms with Crippen LogP contribution in [0, 0.1) is 0 Å². The Hall–Kier alpha value is -1.29. The number of aryl methyl sites for hydroxylation is 1. The topological polar surface area (TPSA) is 34.4 Å². The first-order valence-electron chi connectivity index (χ1n) is 4.43. The summed E-state index contributed by atoms with van der Waals surface area (Å²) in [4.78, 5) is 15.4. The molecule has 72 valence electrons. The molecule has 14 heavy (non-hydrogen) atoms. The summed E-state index contributed by atoms with van der Waals surface area (Å²) in [6.07, 6.45) is 2.67. The van der Waals surface area contributed by atoms with Gasteiger partial charge in [0.1, 0.15) is 11.3 Å². The molecule has 0 unspecified atom stereocenters. The first kappa shape index (κ1) is 9.27. The number of nitrogens with zero attached hydrogens (tertiary/aromatic N) is 2. The van der Waals surface area contributed by atoms with Crippen molar-refractivity contribution in [2.75, 3.05) is 0 Å². The number of pyridine rings is 1. The van der Waals surface area contributed by atoms with E-state index in [1.54, 1.807) is 0 Å². The highest BCUT2D eigenvalue weighted by atomic mass is 32.1. The highest BCUT2D eigenvalue weighted by Crippen LogP contribution is 2.14. The van der Waals surface area contributed by atoms with E-state index in [0.717, 1.165) is 17.8 Å². The van der Waals surface area contributed by atoms with Crippen LogP contribution in [0.4, 0.5) is 0 Å². The highest BCUT2D eigenvalue weighted by molar-refractivity contribution is 7.97. The quantitative estimate of drug-likeness (QED) is 0.762. The minimum absolute atomic E-state index is 0.273. The van der Waals surface area contributed by atoms with Crippen LogP contribution in [0.5, 0.6) is 0 Å². The molecule has 2 rings (SSSR count). The zero-order chi connectivity index (χ0) is 10.1. The molecular weight excluding hydrogens is 196 g/mol. The Labute approximate surface area is 87.2 Å². The number of fused-ring (bicyclic) bond motifs is 1. The van der Waals surface area contributed by atoms with Crippen molar-refractivity contribution in [1.82, 2.24) is 9.38 Å². The Morgan fingerprint density at radius 3 is 3.00 bits per heavy atom. The van der Waals surface area contributed by atoms with Gasteiger partial charge >= 0.3 is 0 Å². The van der Waals surface area contributed by atoms with Gasteiger partial charge in [-0.15, -0.1) is 0 Å². The molecule has 0 aliphatic carbocycles. The van der Waals surface area contributed by atoms with Gasteiger partial charge in [-0.1, -0.05) is 25.6 Å². The molecule has 2 aromatic heterocycles. The minimum atomic E-state index is -0.273. The van der Waals surface area contributed by atoms with Crippen molar-refractivity contribution in [2.45, 2.75) is 13.3 Å². The molecular formula is C10H10N2OS. The lowest BCUT2D eigenvalue weighted by atomic mass is 10.3. The fourth-order valence-electron chi connectivity index (χ4n) is 1.56. The van der Waals surface area contributed by atoms with Gasteiger partial charge < -0.3 is 4.40 Å². The summed E-state index contributed by atoms with van der Waals surface area (Å²) in [5.41, 5.74) is 2.17. The molecule has 2 aromatic rings. The summed E-state index contributed by atoms with van der Waals surface area (Å²) in [5, 5.41) is -0.273. The number of imidazole rings is 1. The highest BCUT2D eigenvalue weighted by Gasteiger charge is 2.13. The summed E-state index contributed by atoms with van der Waals surface area (Å²) >= 11 is 3.81. The van der Waals surface area contributed by atoms with E-state index >= 15 is 0 Å². The third-order valence-corrected chi connectivity index (χ3v) is 2.38. The summed E-state index contributed by atoms with van der Waals surface area (Å²) in [6.45, 7) is 2.00. The molecule has 0 saturated heterocycles. The molecule has 3 nitrogen and oxygen atoms in total. The van der Waals surface area contributed by atoms with Crippen LogP contribution < -0.4 is 0 Å². The van der Waals surface area contributed by atoms with Crippen LogP contribution in [0.3, 0.4) is 0 Å². The van der Waals surface area contributed by atoms with E-state index in [-0.39, 0.29) is 5.12 Å².